The van der Waals surface area contributed by atoms with Crippen molar-refractivity contribution >= 4 is 0 Å². The van der Waals surface area contributed by atoms with Crippen LogP contribution < -0.4 is 5.73 Å². The molecule has 100 valence electrons. The Morgan fingerprint density at radius 2 is 1.76 bits per heavy atom. The van der Waals surface area contributed by atoms with Gasteiger partial charge in [0, 0.05) is 25.7 Å². The summed E-state index contributed by atoms with van der Waals surface area (Å²) in [5, 5.41) is 0. The Balaban J connectivity index is 1.92. The van der Waals surface area contributed by atoms with Gasteiger partial charge in [0.2, 0.25) is 0 Å². The molecule has 0 radical (unpaired) electrons. The minimum atomic E-state index is 0.380. The van der Waals surface area contributed by atoms with Gasteiger partial charge in [0.25, 0.3) is 0 Å². The standard InChI is InChI=1S/C14H28N2O/c1-17-12-7-6-10-16(11-12)14-9-5-3-2-4-8-13(14)15/h12-14H,2-11,15H2,1H3. The zero-order valence-electron chi connectivity index (χ0n) is 11.2. The van der Waals surface area contributed by atoms with Gasteiger partial charge >= 0.3 is 0 Å². The van der Waals surface area contributed by atoms with E-state index < -0.39 is 0 Å². The minimum absolute atomic E-state index is 0.380. The second-order valence-corrected chi connectivity index (χ2v) is 5.72. The molecule has 3 atom stereocenters. The molecule has 0 aromatic rings. The minimum Gasteiger partial charge on any atom is -0.380 e. The number of methoxy groups -OCH3 is 1. The van der Waals surface area contributed by atoms with Crippen LogP contribution in [0, 0.1) is 0 Å². The van der Waals surface area contributed by atoms with Crippen molar-refractivity contribution in [2.45, 2.75) is 69.6 Å². The molecule has 1 saturated carbocycles. The zero-order chi connectivity index (χ0) is 12.1. The summed E-state index contributed by atoms with van der Waals surface area (Å²) in [6, 6.07) is 0.985. The highest BCUT2D eigenvalue weighted by molar-refractivity contribution is 4.87. The number of rotatable bonds is 2. The molecule has 1 aliphatic carbocycles. The zero-order valence-corrected chi connectivity index (χ0v) is 11.2. The third-order valence-corrected chi connectivity index (χ3v) is 4.49. The van der Waals surface area contributed by atoms with E-state index in [4.69, 9.17) is 10.5 Å². The molecule has 1 aliphatic heterocycles. The van der Waals surface area contributed by atoms with Crippen LogP contribution in [-0.4, -0.2) is 43.3 Å². The second-order valence-electron chi connectivity index (χ2n) is 5.72. The maximum atomic E-state index is 6.38. The Hall–Kier alpha value is -0.120. The Morgan fingerprint density at radius 3 is 2.53 bits per heavy atom. The lowest BCUT2D eigenvalue weighted by atomic mass is 9.90. The van der Waals surface area contributed by atoms with E-state index in [0.29, 0.717) is 18.2 Å². The summed E-state index contributed by atoms with van der Waals surface area (Å²) in [4.78, 5) is 2.60. The van der Waals surface area contributed by atoms with E-state index in [-0.39, 0.29) is 0 Å². The van der Waals surface area contributed by atoms with Gasteiger partial charge in [-0.3, -0.25) is 4.90 Å². The Kier molecular flexibility index (Phi) is 5.26. The van der Waals surface area contributed by atoms with Crippen molar-refractivity contribution in [3.8, 4) is 0 Å². The van der Waals surface area contributed by atoms with Crippen molar-refractivity contribution in [1.29, 1.82) is 0 Å². The Labute approximate surface area is 106 Å². The fourth-order valence-electron chi connectivity index (χ4n) is 3.41. The first-order valence-corrected chi connectivity index (χ1v) is 7.33. The molecule has 0 aromatic heterocycles. The normalized spacial score (nSPS) is 37.4. The third kappa shape index (κ3) is 3.67. The maximum Gasteiger partial charge on any atom is 0.0698 e. The summed E-state index contributed by atoms with van der Waals surface area (Å²) in [6.45, 7) is 2.31. The van der Waals surface area contributed by atoms with Crippen molar-refractivity contribution in [2.24, 2.45) is 5.73 Å². The van der Waals surface area contributed by atoms with Crippen molar-refractivity contribution in [1.82, 2.24) is 4.90 Å². The monoisotopic (exact) mass is 240 g/mol. The van der Waals surface area contributed by atoms with Gasteiger partial charge < -0.3 is 10.5 Å². The van der Waals surface area contributed by atoms with Gasteiger partial charge in [-0.05, 0) is 32.2 Å². The molecular formula is C14H28N2O. The molecule has 0 amide bonds. The summed E-state index contributed by atoms with van der Waals surface area (Å²) < 4.78 is 5.52. The molecular weight excluding hydrogens is 212 g/mol. The van der Waals surface area contributed by atoms with Gasteiger partial charge in [0.05, 0.1) is 6.10 Å². The molecule has 3 unspecified atom stereocenters. The first-order valence-electron chi connectivity index (χ1n) is 7.33. The number of likely N-dealkylation sites (tertiary alicyclic amines) is 1. The van der Waals surface area contributed by atoms with Crippen LogP contribution in [0.4, 0.5) is 0 Å². The van der Waals surface area contributed by atoms with Crippen molar-refractivity contribution in [3.05, 3.63) is 0 Å². The quantitative estimate of drug-likeness (QED) is 0.804. The van der Waals surface area contributed by atoms with E-state index in [1.807, 2.05) is 7.11 Å². The van der Waals surface area contributed by atoms with Gasteiger partial charge in [-0.25, -0.2) is 0 Å². The lowest BCUT2D eigenvalue weighted by Gasteiger charge is -2.41. The van der Waals surface area contributed by atoms with Crippen LogP contribution in [0.5, 0.6) is 0 Å². The van der Waals surface area contributed by atoms with Crippen molar-refractivity contribution in [2.75, 3.05) is 20.2 Å². The average molecular weight is 240 g/mol. The molecule has 3 heteroatoms. The molecule has 0 bridgehead atoms. The molecule has 3 nitrogen and oxygen atoms in total. The van der Waals surface area contributed by atoms with Crippen LogP contribution in [0.3, 0.4) is 0 Å². The van der Waals surface area contributed by atoms with Gasteiger partial charge in [-0.2, -0.15) is 0 Å². The predicted molar refractivity (Wildman–Crippen MR) is 71.1 cm³/mol. The molecule has 2 rings (SSSR count). The molecule has 2 fully saturated rings. The van der Waals surface area contributed by atoms with Crippen LogP contribution in [0.25, 0.3) is 0 Å². The molecule has 2 aliphatic rings. The third-order valence-electron chi connectivity index (χ3n) is 4.49. The van der Waals surface area contributed by atoms with Crippen LogP contribution >= 0.6 is 0 Å². The van der Waals surface area contributed by atoms with Gasteiger partial charge in [0.1, 0.15) is 0 Å². The number of hydrogen-bond donors (Lipinski definition) is 1. The molecule has 2 N–H and O–H groups in total. The highest BCUT2D eigenvalue weighted by Crippen LogP contribution is 2.24. The number of piperidine rings is 1. The highest BCUT2D eigenvalue weighted by atomic mass is 16.5. The summed E-state index contributed by atoms with van der Waals surface area (Å²) in [6.07, 6.45) is 10.9. The summed E-state index contributed by atoms with van der Waals surface area (Å²) in [7, 11) is 1.84. The molecule has 17 heavy (non-hydrogen) atoms. The van der Waals surface area contributed by atoms with Gasteiger partial charge in [-0.15, -0.1) is 0 Å². The topological polar surface area (TPSA) is 38.5 Å². The fraction of sp³-hybridized carbons (Fsp3) is 1.00. The Bertz CT molecular complexity index is 222. The van der Waals surface area contributed by atoms with E-state index in [0.717, 1.165) is 6.54 Å². The smallest absolute Gasteiger partial charge is 0.0698 e. The predicted octanol–water partition coefficient (Wildman–Crippen LogP) is 2.15. The summed E-state index contributed by atoms with van der Waals surface area (Å²) in [5.74, 6) is 0. The summed E-state index contributed by atoms with van der Waals surface area (Å²) >= 11 is 0. The molecule has 1 heterocycles. The van der Waals surface area contributed by atoms with Crippen molar-refractivity contribution in [3.63, 3.8) is 0 Å². The van der Waals surface area contributed by atoms with E-state index in [9.17, 15) is 0 Å². The van der Waals surface area contributed by atoms with Gasteiger partial charge in [0.15, 0.2) is 0 Å². The lowest BCUT2D eigenvalue weighted by Crippen LogP contribution is -2.53. The van der Waals surface area contributed by atoms with Crippen LogP contribution in [0.15, 0.2) is 0 Å². The maximum absolute atomic E-state index is 6.38. The van der Waals surface area contributed by atoms with E-state index in [2.05, 4.69) is 4.90 Å². The van der Waals surface area contributed by atoms with Crippen LogP contribution in [-0.2, 0) is 4.74 Å². The highest BCUT2D eigenvalue weighted by Gasteiger charge is 2.29. The lowest BCUT2D eigenvalue weighted by molar-refractivity contribution is 0.00609. The molecule has 0 aromatic carbocycles. The second kappa shape index (κ2) is 6.72. The van der Waals surface area contributed by atoms with E-state index in [1.165, 1.54) is 57.9 Å². The number of nitrogens with two attached hydrogens (primary N) is 1. The number of ether oxygens (including phenoxy) is 1. The molecule has 0 spiro atoms. The van der Waals surface area contributed by atoms with Crippen LogP contribution in [0.1, 0.15) is 51.4 Å². The van der Waals surface area contributed by atoms with E-state index in [1.54, 1.807) is 0 Å². The fourth-order valence-corrected chi connectivity index (χ4v) is 3.41. The van der Waals surface area contributed by atoms with Crippen LogP contribution in [0.2, 0.25) is 0 Å². The largest absolute Gasteiger partial charge is 0.380 e. The SMILES string of the molecule is COC1CCCN(C2CCCCCCC2N)C1. The Morgan fingerprint density at radius 1 is 1.00 bits per heavy atom. The number of hydrogen-bond acceptors (Lipinski definition) is 3. The van der Waals surface area contributed by atoms with Gasteiger partial charge in [-0.1, -0.05) is 25.7 Å². The first-order chi connectivity index (χ1) is 8.31. The summed E-state index contributed by atoms with van der Waals surface area (Å²) in [5.41, 5.74) is 6.38. The first kappa shape index (κ1) is 13.3. The average Bonchev–Trinajstić information content (AvgIpc) is 2.34. The van der Waals surface area contributed by atoms with E-state index >= 15 is 0 Å². The number of nitrogens with zero attached hydrogens (tertiary/aromatic N) is 1. The van der Waals surface area contributed by atoms with Crippen molar-refractivity contribution < 1.29 is 4.74 Å². The molecule has 1 saturated heterocycles.